The van der Waals surface area contributed by atoms with Gasteiger partial charge in [-0.1, -0.05) is 0 Å². The van der Waals surface area contributed by atoms with Gasteiger partial charge in [-0.25, -0.2) is 15.0 Å². The Morgan fingerprint density at radius 2 is 2.41 bits per heavy atom. The number of rotatable bonds is 3. The highest BCUT2D eigenvalue weighted by Gasteiger charge is 2.19. The van der Waals surface area contributed by atoms with E-state index in [9.17, 15) is 0 Å². The molecule has 2 aromatic rings. The van der Waals surface area contributed by atoms with Gasteiger partial charge in [0, 0.05) is 26.1 Å². The topological polar surface area (TPSA) is 66.9 Å². The zero-order chi connectivity index (χ0) is 11.7. The molecule has 17 heavy (non-hydrogen) atoms. The number of imidazole rings is 1. The Labute approximate surface area is 99.0 Å². The number of hydrogen-bond acceptors (Lipinski definition) is 5. The van der Waals surface area contributed by atoms with Crippen molar-refractivity contribution in [2.75, 3.05) is 31.7 Å². The quantitative estimate of drug-likeness (QED) is 0.850. The van der Waals surface area contributed by atoms with Crippen LogP contribution in [0.4, 0.5) is 5.82 Å². The van der Waals surface area contributed by atoms with Gasteiger partial charge in [0.15, 0.2) is 11.5 Å². The normalized spacial score (nSPS) is 19.9. The third kappa shape index (κ3) is 1.95. The maximum absolute atomic E-state index is 5.39. The van der Waals surface area contributed by atoms with Crippen molar-refractivity contribution < 1.29 is 4.74 Å². The Hall–Kier alpha value is -1.69. The Morgan fingerprint density at radius 3 is 3.24 bits per heavy atom. The second-order valence-electron chi connectivity index (χ2n) is 4.41. The number of aromatic amines is 1. The average molecular weight is 233 g/mol. The number of nitrogens with one attached hydrogen (secondary N) is 1. The van der Waals surface area contributed by atoms with E-state index in [4.69, 9.17) is 4.74 Å². The van der Waals surface area contributed by atoms with Crippen LogP contribution in [0.5, 0.6) is 0 Å². The molecule has 1 saturated heterocycles. The van der Waals surface area contributed by atoms with Crippen molar-refractivity contribution in [1.29, 1.82) is 0 Å². The summed E-state index contributed by atoms with van der Waals surface area (Å²) in [5.74, 6) is 1.49. The molecule has 0 aliphatic carbocycles. The Morgan fingerprint density at radius 1 is 1.47 bits per heavy atom. The van der Waals surface area contributed by atoms with E-state index < -0.39 is 0 Å². The molecule has 1 aliphatic heterocycles. The first-order valence-electron chi connectivity index (χ1n) is 5.77. The van der Waals surface area contributed by atoms with E-state index in [1.165, 1.54) is 0 Å². The summed E-state index contributed by atoms with van der Waals surface area (Å²) in [5.41, 5.74) is 1.61. The number of hydrogen-bond donors (Lipinski definition) is 1. The van der Waals surface area contributed by atoms with Crippen molar-refractivity contribution in [3.05, 3.63) is 12.7 Å². The van der Waals surface area contributed by atoms with Gasteiger partial charge in [0.05, 0.1) is 12.9 Å². The number of nitrogens with zero attached hydrogens (tertiary/aromatic N) is 4. The molecule has 0 amide bonds. The maximum atomic E-state index is 5.39. The second-order valence-corrected chi connectivity index (χ2v) is 4.41. The van der Waals surface area contributed by atoms with Gasteiger partial charge in [-0.2, -0.15) is 0 Å². The summed E-state index contributed by atoms with van der Waals surface area (Å²) >= 11 is 0. The number of H-pyrrole nitrogens is 1. The van der Waals surface area contributed by atoms with Crippen LogP contribution in [0.15, 0.2) is 12.7 Å². The highest BCUT2D eigenvalue weighted by Crippen LogP contribution is 2.21. The standard InChI is InChI=1S/C11H15N5O/c1-16(4-8-2-3-17-5-8)11-9-10(13-6-12-9)14-7-15-11/h6-8H,2-5H2,1H3,(H,12,13,14,15)/t8-/m0/s1. The summed E-state index contributed by atoms with van der Waals surface area (Å²) in [7, 11) is 2.04. The van der Waals surface area contributed by atoms with Crippen LogP contribution in [0.25, 0.3) is 11.2 Å². The summed E-state index contributed by atoms with van der Waals surface area (Å²) < 4.78 is 5.39. The molecule has 90 valence electrons. The highest BCUT2D eigenvalue weighted by atomic mass is 16.5. The second kappa shape index (κ2) is 4.29. The van der Waals surface area contributed by atoms with Crippen LogP contribution in [-0.4, -0.2) is 46.7 Å². The summed E-state index contributed by atoms with van der Waals surface area (Å²) in [6.07, 6.45) is 4.33. The molecular weight excluding hydrogens is 218 g/mol. The van der Waals surface area contributed by atoms with Gasteiger partial charge in [-0.3, -0.25) is 0 Å². The van der Waals surface area contributed by atoms with E-state index in [0.717, 1.165) is 37.5 Å². The van der Waals surface area contributed by atoms with E-state index in [1.807, 2.05) is 7.05 Å². The fourth-order valence-corrected chi connectivity index (χ4v) is 2.24. The van der Waals surface area contributed by atoms with Crippen LogP contribution in [0, 0.1) is 5.92 Å². The monoisotopic (exact) mass is 233 g/mol. The van der Waals surface area contributed by atoms with Gasteiger partial charge < -0.3 is 14.6 Å². The first-order chi connectivity index (χ1) is 8.34. The minimum Gasteiger partial charge on any atom is -0.381 e. The minimum absolute atomic E-state index is 0.591. The molecule has 1 aliphatic rings. The predicted molar refractivity (Wildman–Crippen MR) is 63.9 cm³/mol. The van der Waals surface area contributed by atoms with Gasteiger partial charge in [-0.05, 0) is 6.42 Å². The number of ether oxygens (including phenoxy) is 1. The third-order valence-electron chi connectivity index (χ3n) is 3.12. The fraction of sp³-hybridized carbons (Fsp3) is 0.545. The van der Waals surface area contributed by atoms with Crippen LogP contribution in [0.2, 0.25) is 0 Å². The van der Waals surface area contributed by atoms with Crippen molar-refractivity contribution in [3.8, 4) is 0 Å². The molecule has 6 nitrogen and oxygen atoms in total. The Balaban J connectivity index is 1.84. The summed E-state index contributed by atoms with van der Waals surface area (Å²) in [6.45, 7) is 2.68. The molecule has 0 saturated carbocycles. The smallest absolute Gasteiger partial charge is 0.182 e. The van der Waals surface area contributed by atoms with E-state index in [1.54, 1.807) is 12.7 Å². The van der Waals surface area contributed by atoms with Gasteiger partial charge >= 0.3 is 0 Å². The molecule has 1 N–H and O–H groups in total. The molecule has 2 aromatic heterocycles. The van der Waals surface area contributed by atoms with Gasteiger partial charge in [0.25, 0.3) is 0 Å². The van der Waals surface area contributed by atoms with Crippen LogP contribution < -0.4 is 4.90 Å². The van der Waals surface area contributed by atoms with Crippen LogP contribution in [0.3, 0.4) is 0 Å². The Bertz CT molecular complexity index is 505. The van der Waals surface area contributed by atoms with Gasteiger partial charge in [0.1, 0.15) is 11.8 Å². The molecule has 0 unspecified atom stereocenters. The summed E-state index contributed by atoms with van der Waals surface area (Å²) in [6, 6.07) is 0. The van der Waals surface area contributed by atoms with Crippen molar-refractivity contribution in [2.45, 2.75) is 6.42 Å². The first kappa shape index (κ1) is 10.5. The van der Waals surface area contributed by atoms with E-state index in [2.05, 4.69) is 24.8 Å². The van der Waals surface area contributed by atoms with Crippen molar-refractivity contribution in [1.82, 2.24) is 19.9 Å². The molecule has 0 aromatic carbocycles. The molecule has 1 atom stereocenters. The molecule has 0 bridgehead atoms. The van der Waals surface area contributed by atoms with E-state index >= 15 is 0 Å². The highest BCUT2D eigenvalue weighted by molar-refractivity contribution is 5.82. The largest absolute Gasteiger partial charge is 0.381 e. The third-order valence-corrected chi connectivity index (χ3v) is 3.12. The lowest BCUT2D eigenvalue weighted by molar-refractivity contribution is 0.186. The minimum atomic E-state index is 0.591. The average Bonchev–Trinajstić information content (AvgIpc) is 2.97. The Kier molecular flexibility index (Phi) is 2.64. The molecule has 6 heteroatoms. The maximum Gasteiger partial charge on any atom is 0.182 e. The van der Waals surface area contributed by atoms with Crippen LogP contribution >= 0.6 is 0 Å². The number of fused-ring (bicyclic) bond motifs is 1. The molecule has 1 fully saturated rings. The van der Waals surface area contributed by atoms with Crippen LogP contribution in [-0.2, 0) is 4.74 Å². The number of anilines is 1. The van der Waals surface area contributed by atoms with Gasteiger partial charge in [0.2, 0.25) is 0 Å². The fourth-order valence-electron chi connectivity index (χ4n) is 2.24. The lowest BCUT2D eigenvalue weighted by Crippen LogP contribution is -2.26. The molecule has 0 spiro atoms. The predicted octanol–water partition coefficient (Wildman–Crippen LogP) is 0.826. The molecule has 3 heterocycles. The van der Waals surface area contributed by atoms with Crippen molar-refractivity contribution >= 4 is 17.0 Å². The lowest BCUT2D eigenvalue weighted by Gasteiger charge is -2.21. The molecular formula is C11H15N5O. The van der Waals surface area contributed by atoms with E-state index in [0.29, 0.717) is 11.6 Å². The van der Waals surface area contributed by atoms with Crippen molar-refractivity contribution in [2.24, 2.45) is 5.92 Å². The SMILES string of the molecule is CN(C[C@@H]1CCOC1)c1ncnc2nc[nH]c12. The number of aromatic nitrogens is 4. The summed E-state index contributed by atoms with van der Waals surface area (Å²) in [4.78, 5) is 17.8. The molecule has 0 radical (unpaired) electrons. The van der Waals surface area contributed by atoms with Gasteiger partial charge in [-0.15, -0.1) is 0 Å². The van der Waals surface area contributed by atoms with E-state index in [-0.39, 0.29) is 0 Å². The first-order valence-corrected chi connectivity index (χ1v) is 5.77. The van der Waals surface area contributed by atoms with Crippen LogP contribution in [0.1, 0.15) is 6.42 Å². The van der Waals surface area contributed by atoms with Crippen molar-refractivity contribution in [3.63, 3.8) is 0 Å². The zero-order valence-electron chi connectivity index (χ0n) is 9.76. The summed E-state index contributed by atoms with van der Waals surface area (Å²) in [5, 5.41) is 0. The molecule has 3 rings (SSSR count). The zero-order valence-corrected chi connectivity index (χ0v) is 9.76. The lowest BCUT2D eigenvalue weighted by atomic mass is 10.1.